The van der Waals surface area contributed by atoms with Crippen molar-refractivity contribution in [3.05, 3.63) is 120 Å². The van der Waals surface area contributed by atoms with E-state index in [2.05, 4.69) is 20.9 Å². The number of carbonyl (C=O) groups excluding carboxylic acids is 4. The highest BCUT2D eigenvalue weighted by Crippen LogP contribution is 2.30. The van der Waals surface area contributed by atoms with Crippen molar-refractivity contribution in [2.75, 3.05) is 27.3 Å². The molecule has 0 spiro atoms. The minimum atomic E-state index is -1.17. The van der Waals surface area contributed by atoms with E-state index in [0.29, 0.717) is 31.9 Å². The number of carbonyl (C=O) groups is 4. The Hall–Kier alpha value is -5.95. The summed E-state index contributed by atoms with van der Waals surface area (Å²) in [4.78, 5) is 62.9. The Bertz CT molecular complexity index is 2070. The third-order valence-corrected chi connectivity index (χ3v) is 10.9. The average molecular weight is 835 g/mol. The van der Waals surface area contributed by atoms with Crippen LogP contribution in [0, 0.1) is 10.8 Å². The van der Waals surface area contributed by atoms with Crippen molar-refractivity contribution >= 4 is 23.9 Å². The Morgan fingerprint density at radius 1 is 0.721 bits per heavy atom. The van der Waals surface area contributed by atoms with Crippen molar-refractivity contribution in [3.8, 4) is 17.1 Å². The zero-order chi connectivity index (χ0) is 44.3. The molecule has 2 heterocycles. The fourth-order valence-corrected chi connectivity index (χ4v) is 7.78. The molecule has 13 nitrogen and oxygen atoms in total. The summed E-state index contributed by atoms with van der Waals surface area (Å²) >= 11 is 0. The van der Waals surface area contributed by atoms with Gasteiger partial charge >= 0.3 is 12.1 Å². The summed E-state index contributed by atoms with van der Waals surface area (Å²) in [5.41, 5.74) is 3.02. The van der Waals surface area contributed by atoms with E-state index in [0.717, 1.165) is 27.9 Å². The molecule has 0 unspecified atom stereocenters. The number of urea groups is 1. The summed E-state index contributed by atoms with van der Waals surface area (Å²) in [6.45, 7) is 12.6. The number of aromatic nitrogens is 1. The van der Waals surface area contributed by atoms with Crippen molar-refractivity contribution < 1.29 is 33.8 Å². The molecule has 1 aromatic heterocycles. The van der Waals surface area contributed by atoms with Gasteiger partial charge < -0.3 is 40.3 Å². The summed E-state index contributed by atoms with van der Waals surface area (Å²) in [6, 6.07) is 29.2. The number of nitrogens with one attached hydrogen (secondary N) is 3. The molecule has 5 amide bonds. The second-order valence-corrected chi connectivity index (χ2v) is 17.9. The Morgan fingerprint density at radius 2 is 1.34 bits per heavy atom. The smallest absolute Gasteiger partial charge is 0.407 e. The van der Waals surface area contributed by atoms with E-state index in [-0.39, 0.29) is 24.8 Å². The fraction of sp³-hybridized carbons (Fsp3) is 0.438. The first kappa shape index (κ1) is 46.1. The summed E-state index contributed by atoms with van der Waals surface area (Å²) in [5, 5.41) is 21.2. The highest BCUT2D eigenvalue weighted by molar-refractivity contribution is 5.89. The van der Waals surface area contributed by atoms with Gasteiger partial charge in [0.05, 0.1) is 32.1 Å². The predicted octanol–water partition coefficient (Wildman–Crippen LogP) is 6.39. The number of ether oxygens (including phenoxy) is 2. The van der Waals surface area contributed by atoms with Crippen LogP contribution in [-0.2, 0) is 33.7 Å². The number of hydrogen-bond acceptors (Lipinski definition) is 8. The molecule has 4 N–H and O–H groups in total. The number of rotatable bonds is 17. The van der Waals surface area contributed by atoms with Crippen LogP contribution in [0.5, 0.6) is 5.88 Å². The molecular formula is C48H62N6O7. The first-order chi connectivity index (χ1) is 29.0. The quantitative estimate of drug-likeness (QED) is 0.0953. The number of hydrogen-bond donors (Lipinski definition) is 4. The van der Waals surface area contributed by atoms with E-state index in [4.69, 9.17) is 9.47 Å². The normalized spacial score (nSPS) is 15.6. The lowest BCUT2D eigenvalue weighted by molar-refractivity contribution is -0.130. The number of methoxy groups -OCH3 is 2. The molecule has 5 atom stereocenters. The second kappa shape index (κ2) is 20.5. The standard InChI is InChI=1S/C48H62N6O7/c1-47(2,3)41(52-45(58)61-8)43(56)51-38(29-33-22-24-35(25-23-33)37-20-15-21-40(50-37)60-7)39(55)30-36(28-32-16-11-9-12-17-32)49-44(57)42(48(4,5)6)54-27-26-53(46(54)59)31-34-18-13-10-14-19-34/h9-25,36,38-39,41-42,55H,26-31H2,1-8H3,(H,49,57)(H,51,56)(H,52,58)/t36-,38-,39-,41+,42+/m0/s1. The Kier molecular flexibility index (Phi) is 15.5. The van der Waals surface area contributed by atoms with E-state index in [1.54, 1.807) is 23.0 Å². The third-order valence-electron chi connectivity index (χ3n) is 10.9. The van der Waals surface area contributed by atoms with Gasteiger partial charge in [-0.25, -0.2) is 14.6 Å². The van der Waals surface area contributed by atoms with Crippen molar-refractivity contribution in [3.63, 3.8) is 0 Å². The van der Waals surface area contributed by atoms with Gasteiger partial charge in [-0.15, -0.1) is 0 Å². The van der Waals surface area contributed by atoms with E-state index in [1.165, 1.54) is 7.11 Å². The van der Waals surface area contributed by atoms with Gasteiger partial charge in [-0.2, -0.15) is 0 Å². The lowest BCUT2D eigenvalue weighted by Crippen LogP contribution is -2.59. The van der Waals surface area contributed by atoms with E-state index in [1.807, 2.05) is 139 Å². The highest BCUT2D eigenvalue weighted by Gasteiger charge is 2.44. The highest BCUT2D eigenvalue weighted by atomic mass is 16.5. The lowest BCUT2D eigenvalue weighted by atomic mass is 9.84. The number of alkyl carbamates (subject to hydrolysis) is 1. The molecule has 5 rings (SSSR count). The maximum atomic E-state index is 14.6. The summed E-state index contributed by atoms with van der Waals surface area (Å²) in [6.07, 6.45) is -1.25. The molecule has 3 aromatic carbocycles. The van der Waals surface area contributed by atoms with E-state index in [9.17, 15) is 24.3 Å². The van der Waals surface area contributed by atoms with E-state index >= 15 is 0 Å². The van der Waals surface area contributed by atoms with Gasteiger partial charge in [-0.1, -0.05) is 133 Å². The van der Waals surface area contributed by atoms with Crippen molar-refractivity contribution in [2.45, 2.75) is 97.6 Å². The third kappa shape index (κ3) is 12.8. The van der Waals surface area contributed by atoms with Crippen molar-refractivity contribution in [1.29, 1.82) is 0 Å². The maximum Gasteiger partial charge on any atom is 0.407 e. The summed E-state index contributed by atoms with van der Waals surface area (Å²) in [7, 11) is 2.80. The van der Waals surface area contributed by atoms with Crippen LogP contribution in [0.4, 0.5) is 9.59 Å². The fourth-order valence-electron chi connectivity index (χ4n) is 7.78. The number of aliphatic hydroxyl groups excluding tert-OH is 1. The Labute approximate surface area is 360 Å². The van der Waals surface area contributed by atoms with Gasteiger partial charge in [0.2, 0.25) is 17.7 Å². The molecule has 1 fully saturated rings. The molecule has 1 aliphatic rings. The topological polar surface area (TPSA) is 162 Å². The predicted molar refractivity (Wildman–Crippen MR) is 236 cm³/mol. The molecule has 0 saturated carbocycles. The van der Waals surface area contributed by atoms with Crippen LogP contribution < -0.4 is 20.7 Å². The van der Waals surface area contributed by atoms with Gasteiger partial charge in [-0.05, 0) is 52.8 Å². The number of amides is 5. The Morgan fingerprint density at radius 3 is 1.93 bits per heavy atom. The number of pyridine rings is 1. The molecule has 1 aliphatic heterocycles. The van der Waals surface area contributed by atoms with Gasteiger partial charge in [0, 0.05) is 37.3 Å². The van der Waals surface area contributed by atoms with Crippen LogP contribution in [0.15, 0.2) is 103 Å². The SMILES string of the molecule is COC(=O)N[C@H](C(=O)N[C@@H](Cc1ccc(-c2cccc(OC)n2)cc1)[C@@H](O)C[C@H](Cc1ccccc1)NC(=O)[C@@H](N1CCN(Cc2ccccc2)C1=O)C(C)(C)C)C(C)(C)C. The summed E-state index contributed by atoms with van der Waals surface area (Å²) in [5.74, 6) is -0.333. The van der Waals surface area contributed by atoms with Crippen LogP contribution >= 0.6 is 0 Å². The van der Waals surface area contributed by atoms with Gasteiger partial charge in [0.1, 0.15) is 12.1 Å². The molecule has 13 heteroatoms. The average Bonchev–Trinajstić information content (AvgIpc) is 3.57. The Balaban J connectivity index is 1.42. The molecular weight excluding hydrogens is 773 g/mol. The van der Waals surface area contributed by atoms with E-state index < -0.39 is 53.1 Å². The van der Waals surface area contributed by atoms with Gasteiger partial charge in [0.25, 0.3) is 0 Å². The first-order valence-electron chi connectivity index (χ1n) is 20.8. The molecule has 0 bridgehead atoms. The second-order valence-electron chi connectivity index (χ2n) is 17.9. The molecule has 4 aromatic rings. The number of benzene rings is 3. The molecule has 0 aliphatic carbocycles. The lowest BCUT2D eigenvalue weighted by Gasteiger charge is -2.38. The van der Waals surface area contributed by atoms with Crippen LogP contribution in [0.2, 0.25) is 0 Å². The van der Waals surface area contributed by atoms with Crippen LogP contribution in [0.25, 0.3) is 11.3 Å². The minimum absolute atomic E-state index is 0.0625. The zero-order valence-corrected chi connectivity index (χ0v) is 36.7. The molecule has 61 heavy (non-hydrogen) atoms. The van der Waals surface area contributed by atoms with Crippen LogP contribution in [-0.4, -0.2) is 101 Å². The van der Waals surface area contributed by atoms with Crippen molar-refractivity contribution in [1.82, 2.24) is 30.7 Å². The molecule has 1 saturated heterocycles. The largest absolute Gasteiger partial charge is 0.481 e. The summed E-state index contributed by atoms with van der Waals surface area (Å²) < 4.78 is 10.2. The van der Waals surface area contributed by atoms with Gasteiger partial charge in [0.15, 0.2) is 0 Å². The van der Waals surface area contributed by atoms with Crippen LogP contribution in [0.3, 0.4) is 0 Å². The van der Waals surface area contributed by atoms with Crippen molar-refractivity contribution in [2.24, 2.45) is 10.8 Å². The van der Waals surface area contributed by atoms with Crippen LogP contribution in [0.1, 0.15) is 64.7 Å². The van der Waals surface area contributed by atoms with Gasteiger partial charge in [-0.3, -0.25) is 9.59 Å². The minimum Gasteiger partial charge on any atom is -0.481 e. The first-order valence-corrected chi connectivity index (χ1v) is 20.8. The number of nitrogens with zero attached hydrogens (tertiary/aromatic N) is 3. The number of aliphatic hydroxyl groups is 1. The monoisotopic (exact) mass is 834 g/mol. The molecule has 0 radical (unpaired) electrons. The maximum absolute atomic E-state index is 14.6. The molecule has 326 valence electrons. The zero-order valence-electron chi connectivity index (χ0n) is 36.7.